The van der Waals surface area contributed by atoms with Gasteiger partial charge < -0.3 is 5.11 Å². The lowest BCUT2D eigenvalue weighted by Gasteiger charge is -2.31. The van der Waals surface area contributed by atoms with E-state index in [1.807, 2.05) is 13.8 Å². The zero-order chi connectivity index (χ0) is 11.4. The Hall–Kier alpha value is -0.520. The highest BCUT2D eigenvalue weighted by atomic mass is 16.3. The second kappa shape index (κ2) is 5.01. The molecule has 15 heavy (non-hydrogen) atoms. The van der Waals surface area contributed by atoms with Gasteiger partial charge in [-0.3, -0.25) is 5.32 Å². The van der Waals surface area contributed by atoms with E-state index in [-0.39, 0.29) is 5.54 Å². The summed E-state index contributed by atoms with van der Waals surface area (Å²) in [4.78, 5) is 0. The van der Waals surface area contributed by atoms with Crippen molar-refractivity contribution in [2.45, 2.75) is 63.5 Å². The molecule has 0 bridgehead atoms. The van der Waals surface area contributed by atoms with Crippen LogP contribution in [0.2, 0.25) is 0 Å². The average Bonchev–Trinajstić information content (AvgIpc) is 2.42. The van der Waals surface area contributed by atoms with Gasteiger partial charge in [-0.15, -0.1) is 6.42 Å². The molecule has 0 aromatic heterocycles. The molecule has 0 unspecified atom stereocenters. The molecule has 1 rings (SSSR count). The molecule has 86 valence electrons. The number of aliphatic hydroxyl groups is 1. The van der Waals surface area contributed by atoms with Crippen LogP contribution in [0, 0.1) is 12.3 Å². The van der Waals surface area contributed by atoms with Gasteiger partial charge in [0.05, 0.1) is 11.1 Å². The molecule has 0 spiro atoms. The van der Waals surface area contributed by atoms with Crippen LogP contribution in [-0.4, -0.2) is 22.8 Å². The predicted molar refractivity (Wildman–Crippen MR) is 63.6 cm³/mol. The van der Waals surface area contributed by atoms with Crippen molar-refractivity contribution in [3.8, 4) is 12.3 Å². The minimum atomic E-state index is -0.537. The van der Waals surface area contributed by atoms with Crippen LogP contribution in [0.1, 0.15) is 52.4 Å². The van der Waals surface area contributed by atoms with Crippen LogP contribution in [0.25, 0.3) is 0 Å². The number of hydrogen-bond acceptors (Lipinski definition) is 2. The van der Waals surface area contributed by atoms with E-state index in [9.17, 15) is 5.11 Å². The maximum atomic E-state index is 10.4. The van der Waals surface area contributed by atoms with Crippen molar-refractivity contribution in [3.63, 3.8) is 0 Å². The van der Waals surface area contributed by atoms with Gasteiger partial charge in [-0.25, -0.2) is 0 Å². The fourth-order valence-corrected chi connectivity index (χ4v) is 2.00. The predicted octanol–water partition coefficient (Wildman–Crippen LogP) is 2.07. The molecule has 0 atom stereocenters. The van der Waals surface area contributed by atoms with Gasteiger partial charge in [-0.2, -0.15) is 0 Å². The molecule has 1 fully saturated rings. The molecule has 0 radical (unpaired) electrons. The molecule has 0 heterocycles. The van der Waals surface area contributed by atoms with Crippen molar-refractivity contribution in [2.24, 2.45) is 0 Å². The molecular weight excluding hydrogens is 186 g/mol. The highest BCUT2D eigenvalue weighted by Crippen LogP contribution is 2.26. The van der Waals surface area contributed by atoms with E-state index < -0.39 is 5.60 Å². The lowest BCUT2D eigenvalue weighted by Crippen LogP contribution is -2.48. The van der Waals surface area contributed by atoms with Crippen molar-refractivity contribution in [1.29, 1.82) is 0 Å². The molecule has 1 saturated carbocycles. The third-order valence-corrected chi connectivity index (χ3v) is 3.25. The summed E-state index contributed by atoms with van der Waals surface area (Å²) in [5, 5.41) is 13.6. The third-order valence-electron chi connectivity index (χ3n) is 3.25. The van der Waals surface area contributed by atoms with E-state index in [0.717, 1.165) is 25.7 Å². The Morgan fingerprint density at radius 1 is 1.27 bits per heavy atom. The maximum Gasteiger partial charge on any atom is 0.0772 e. The summed E-state index contributed by atoms with van der Waals surface area (Å²) < 4.78 is 0. The number of terminal acetylenes is 1. The summed E-state index contributed by atoms with van der Waals surface area (Å²) in [7, 11) is 0. The van der Waals surface area contributed by atoms with Gasteiger partial charge >= 0.3 is 0 Å². The number of rotatable bonds is 3. The van der Waals surface area contributed by atoms with Gasteiger partial charge in [0.15, 0.2) is 0 Å². The first-order chi connectivity index (χ1) is 6.97. The van der Waals surface area contributed by atoms with Gasteiger partial charge in [0.1, 0.15) is 0 Å². The lowest BCUT2D eigenvalue weighted by atomic mass is 9.93. The van der Waals surface area contributed by atoms with Crippen LogP contribution in [-0.2, 0) is 0 Å². The van der Waals surface area contributed by atoms with Crippen molar-refractivity contribution < 1.29 is 5.11 Å². The fraction of sp³-hybridized carbons (Fsp3) is 0.846. The van der Waals surface area contributed by atoms with E-state index in [0.29, 0.717) is 6.54 Å². The highest BCUT2D eigenvalue weighted by molar-refractivity contribution is 5.08. The Balaban J connectivity index is 2.45. The molecule has 2 heteroatoms. The smallest absolute Gasteiger partial charge is 0.0772 e. The molecular formula is C13H23NO. The lowest BCUT2D eigenvalue weighted by molar-refractivity contribution is 0.0214. The van der Waals surface area contributed by atoms with Crippen molar-refractivity contribution in [3.05, 3.63) is 0 Å². The minimum Gasteiger partial charge on any atom is -0.389 e. The Labute approximate surface area is 93.5 Å². The normalized spacial score (nSPS) is 21.7. The van der Waals surface area contributed by atoms with Crippen LogP contribution in [0.3, 0.4) is 0 Å². The Morgan fingerprint density at radius 2 is 1.80 bits per heavy atom. The first-order valence-corrected chi connectivity index (χ1v) is 5.93. The standard InChI is InChI=1S/C13H23NO/c1-4-12(2,3)14-11-13(15)9-7-5-6-8-10-13/h1,14-15H,5-11H2,2-3H3. The molecule has 0 aliphatic heterocycles. The zero-order valence-corrected chi connectivity index (χ0v) is 9.97. The van der Waals surface area contributed by atoms with Gasteiger partial charge in [0, 0.05) is 6.54 Å². The van der Waals surface area contributed by atoms with Crippen molar-refractivity contribution in [1.82, 2.24) is 5.32 Å². The van der Waals surface area contributed by atoms with Gasteiger partial charge in [-0.1, -0.05) is 31.6 Å². The summed E-state index contributed by atoms with van der Waals surface area (Å²) in [5.74, 6) is 2.69. The number of β-amino-alcohol motifs (C(OH)–C–C–N with tert-alkyl or cyclic N) is 1. The van der Waals surface area contributed by atoms with Crippen molar-refractivity contribution >= 4 is 0 Å². The minimum absolute atomic E-state index is 0.317. The van der Waals surface area contributed by atoms with E-state index in [1.165, 1.54) is 12.8 Å². The molecule has 0 aromatic rings. The van der Waals surface area contributed by atoms with Crippen LogP contribution in [0.5, 0.6) is 0 Å². The summed E-state index contributed by atoms with van der Waals surface area (Å²) in [6, 6.07) is 0. The van der Waals surface area contributed by atoms with Crippen LogP contribution in [0.4, 0.5) is 0 Å². The van der Waals surface area contributed by atoms with E-state index >= 15 is 0 Å². The molecule has 1 aliphatic carbocycles. The number of nitrogens with one attached hydrogen (secondary N) is 1. The number of hydrogen-bond donors (Lipinski definition) is 2. The summed E-state index contributed by atoms with van der Waals surface area (Å²) >= 11 is 0. The summed E-state index contributed by atoms with van der Waals surface area (Å²) in [6.07, 6.45) is 12.0. The van der Waals surface area contributed by atoms with Gasteiger partial charge in [0.2, 0.25) is 0 Å². The Morgan fingerprint density at radius 3 is 2.27 bits per heavy atom. The third kappa shape index (κ3) is 4.24. The molecule has 2 nitrogen and oxygen atoms in total. The first-order valence-electron chi connectivity index (χ1n) is 5.93. The topological polar surface area (TPSA) is 32.3 Å². The van der Waals surface area contributed by atoms with E-state index in [2.05, 4.69) is 11.2 Å². The molecule has 0 saturated heterocycles. The molecule has 0 amide bonds. The highest BCUT2D eigenvalue weighted by Gasteiger charge is 2.29. The quantitative estimate of drug-likeness (QED) is 0.551. The molecule has 2 N–H and O–H groups in total. The molecule has 0 aromatic carbocycles. The van der Waals surface area contributed by atoms with Crippen LogP contribution in [0.15, 0.2) is 0 Å². The van der Waals surface area contributed by atoms with E-state index in [4.69, 9.17) is 6.42 Å². The zero-order valence-electron chi connectivity index (χ0n) is 9.97. The second-order valence-corrected chi connectivity index (χ2v) is 5.26. The summed E-state index contributed by atoms with van der Waals surface area (Å²) in [5.41, 5.74) is -0.855. The van der Waals surface area contributed by atoms with Crippen LogP contribution < -0.4 is 5.32 Å². The van der Waals surface area contributed by atoms with E-state index in [1.54, 1.807) is 0 Å². The van der Waals surface area contributed by atoms with Crippen LogP contribution >= 0.6 is 0 Å². The van der Waals surface area contributed by atoms with Gasteiger partial charge in [0.25, 0.3) is 0 Å². The monoisotopic (exact) mass is 209 g/mol. The van der Waals surface area contributed by atoms with Crippen molar-refractivity contribution in [2.75, 3.05) is 6.54 Å². The van der Waals surface area contributed by atoms with Gasteiger partial charge in [-0.05, 0) is 26.7 Å². The second-order valence-electron chi connectivity index (χ2n) is 5.26. The Kier molecular flexibility index (Phi) is 4.19. The first kappa shape index (κ1) is 12.5. The largest absolute Gasteiger partial charge is 0.389 e. The maximum absolute atomic E-state index is 10.4. The fourth-order valence-electron chi connectivity index (χ4n) is 2.00. The summed E-state index contributed by atoms with van der Waals surface area (Å²) in [6.45, 7) is 4.55. The average molecular weight is 209 g/mol. The SMILES string of the molecule is C#CC(C)(C)NCC1(O)CCCCCC1. The Bertz CT molecular complexity index is 231. The molecule has 1 aliphatic rings.